The lowest BCUT2D eigenvalue weighted by Gasteiger charge is -2.22. The molecule has 5 atom stereocenters. The van der Waals surface area contributed by atoms with Gasteiger partial charge in [-0.15, -0.1) is 0 Å². The third kappa shape index (κ3) is 3.28. The average Bonchev–Trinajstić information content (AvgIpc) is 2.90. The second-order valence-corrected chi connectivity index (χ2v) is 5.68. The largest absolute Gasteiger partial charge is 0.858 e. The molecular formula is C9H12N3O9P-2. The number of hydrogen-bond donors (Lipinski definition) is 4. The SMILES string of the molecule is NC(=O)c1ncn([C@@H]2O[C@H](COP(=O)([O-])O)[C@@H](O)[C@H]2O)c1[O-]. The maximum atomic E-state index is 11.8. The van der Waals surface area contributed by atoms with Gasteiger partial charge >= 0.3 is 0 Å². The molecule has 1 aromatic heterocycles. The molecule has 5 N–H and O–H groups in total. The Morgan fingerprint density at radius 2 is 2.18 bits per heavy atom. The van der Waals surface area contributed by atoms with Gasteiger partial charge in [0, 0.05) is 0 Å². The number of primary amides is 1. The number of phosphoric ester groups is 1. The summed E-state index contributed by atoms with van der Waals surface area (Å²) in [6.45, 7) is -0.780. The number of carbonyl (C=O) groups is 1. The summed E-state index contributed by atoms with van der Waals surface area (Å²) >= 11 is 0. The monoisotopic (exact) mass is 337 g/mol. The zero-order chi connectivity index (χ0) is 16.7. The second-order valence-electron chi connectivity index (χ2n) is 4.48. The van der Waals surface area contributed by atoms with E-state index in [2.05, 4.69) is 9.51 Å². The van der Waals surface area contributed by atoms with E-state index in [1.165, 1.54) is 0 Å². The van der Waals surface area contributed by atoms with Crippen LogP contribution in [-0.2, 0) is 13.8 Å². The van der Waals surface area contributed by atoms with Gasteiger partial charge in [-0.1, -0.05) is 0 Å². The van der Waals surface area contributed by atoms with Gasteiger partial charge in [0.05, 0.1) is 12.9 Å². The van der Waals surface area contributed by atoms with Crippen molar-refractivity contribution in [2.45, 2.75) is 24.5 Å². The zero-order valence-corrected chi connectivity index (χ0v) is 11.7. The van der Waals surface area contributed by atoms with Crippen LogP contribution >= 0.6 is 7.82 Å². The van der Waals surface area contributed by atoms with Crippen molar-refractivity contribution in [3.8, 4) is 5.88 Å². The Morgan fingerprint density at radius 1 is 1.55 bits per heavy atom. The Balaban J connectivity index is 2.16. The first-order chi connectivity index (χ1) is 10.1. The molecule has 1 aliphatic heterocycles. The van der Waals surface area contributed by atoms with Crippen molar-refractivity contribution in [1.29, 1.82) is 0 Å². The van der Waals surface area contributed by atoms with Crippen molar-refractivity contribution in [3.63, 3.8) is 0 Å². The van der Waals surface area contributed by atoms with E-state index in [1.54, 1.807) is 0 Å². The molecule has 0 bridgehead atoms. The summed E-state index contributed by atoms with van der Waals surface area (Å²) in [5, 5.41) is 31.4. The Bertz CT molecular complexity index is 613. The minimum Gasteiger partial charge on any atom is -0.858 e. The molecule has 1 unspecified atom stereocenters. The number of phosphoric acid groups is 1. The average molecular weight is 337 g/mol. The summed E-state index contributed by atoms with van der Waals surface area (Å²) in [6.07, 6.45) is -5.11. The molecule has 0 aliphatic carbocycles. The maximum Gasteiger partial charge on any atom is 0.268 e. The van der Waals surface area contributed by atoms with Gasteiger partial charge in [-0.05, 0) is 5.88 Å². The van der Waals surface area contributed by atoms with Crippen LogP contribution in [0.25, 0.3) is 0 Å². The van der Waals surface area contributed by atoms with Crippen molar-refractivity contribution in [2.75, 3.05) is 6.61 Å². The Morgan fingerprint density at radius 3 is 2.68 bits per heavy atom. The van der Waals surface area contributed by atoms with E-state index >= 15 is 0 Å². The summed E-state index contributed by atoms with van der Waals surface area (Å²) in [4.78, 5) is 33.4. The molecule has 2 heterocycles. The van der Waals surface area contributed by atoms with E-state index < -0.39 is 56.5 Å². The normalized spacial score (nSPS) is 31.1. The molecular weight excluding hydrogens is 325 g/mol. The number of amides is 1. The molecule has 12 nitrogen and oxygen atoms in total. The highest BCUT2D eigenvalue weighted by Gasteiger charge is 2.44. The predicted molar refractivity (Wildman–Crippen MR) is 61.9 cm³/mol. The lowest BCUT2D eigenvalue weighted by atomic mass is 10.1. The minimum absolute atomic E-state index is 0.579. The molecule has 2 rings (SSSR count). The van der Waals surface area contributed by atoms with Crippen LogP contribution in [0.1, 0.15) is 16.7 Å². The molecule has 0 saturated carbocycles. The zero-order valence-electron chi connectivity index (χ0n) is 10.8. The van der Waals surface area contributed by atoms with Gasteiger partial charge in [-0.25, -0.2) is 4.98 Å². The molecule has 0 radical (unpaired) electrons. The lowest BCUT2D eigenvalue weighted by molar-refractivity contribution is -0.284. The molecule has 0 spiro atoms. The quantitative estimate of drug-likeness (QED) is 0.385. The number of carbonyl (C=O) groups excluding carboxylic acids is 1. The summed E-state index contributed by atoms with van der Waals surface area (Å²) in [5.74, 6) is -2.02. The van der Waals surface area contributed by atoms with E-state index in [4.69, 9.17) is 15.4 Å². The Labute approximate surface area is 123 Å². The van der Waals surface area contributed by atoms with Crippen molar-refractivity contribution in [1.82, 2.24) is 9.55 Å². The number of aliphatic hydroxyl groups excluding tert-OH is 2. The molecule has 13 heteroatoms. The third-order valence-electron chi connectivity index (χ3n) is 3.00. The summed E-state index contributed by atoms with van der Waals surface area (Å²) in [5.41, 5.74) is 4.35. The predicted octanol–water partition coefficient (Wildman–Crippen LogP) is -3.85. The number of imidazole rings is 1. The first-order valence-corrected chi connectivity index (χ1v) is 7.35. The van der Waals surface area contributed by atoms with Crippen LogP contribution < -0.4 is 15.7 Å². The van der Waals surface area contributed by atoms with E-state index in [0.29, 0.717) is 0 Å². The van der Waals surface area contributed by atoms with Crippen LogP contribution in [0.15, 0.2) is 6.33 Å². The summed E-state index contributed by atoms with van der Waals surface area (Å²) in [7, 11) is -5.04. The molecule has 124 valence electrons. The molecule has 22 heavy (non-hydrogen) atoms. The summed E-state index contributed by atoms with van der Waals surface area (Å²) < 4.78 is 20.4. The van der Waals surface area contributed by atoms with Gasteiger partial charge < -0.3 is 44.7 Å². The van der Waals surface area contributed by atoms with E-state index in [-0.39, 0.29) is 0 Å². The van der Waals surface area contributed by atoms with Gasteiger partial charge in [-0.3, -0.25) is 9.36 Å². The fraction of sp³-hybridized carbons (Fsp3) is 0.556. The van der Waals surface area contributed by atoms with Crippen LogP contribution in [0.5, 0.6) is 5.88 Å². The number of aromatic nitrogens is 2. The van der Waals surface area contributed by atoms with Crippen molar-refractivity contribution in [3.05, 3.63) is 12.0 Å². The van der Waals surface area contributed by atoms with Gasteiger partial charge in [0.15, 0.2) is 6.23 Å². The number of rotatable bonds is 5. The minimum atomic E-state index is -5.04. The Kier molecular flexibility index (Phi) is 4.54. The highest BCUT2D eigenvalue weighted by Crippen LogP contribution is 2.36. The highest BCUT2D eigenvalue weighted by atomic mass is 31.2. The van der Waals surface area contributed by atoms with Gasteiger partial charge in [0.2, 0.25) is 0 Å². The van der Waals surface area contributed by atoms with Gasteiger partial charge in [-0.2, -0.15) is 0 Å². The van der Waals surface area contributed by atoms with Crippen molar-refractivity contribution in [2.24, 2.45) is 5.73 Å². The molecule has 1 aromatic rings. The van der Waals surface area contributed by atoms with Gasteiger partial charge in [0.1, 0.15) is 24.0 Å². The first kappa shape index (κ1) is 16.8. The standard InChI is InChI=1S/C9H14N3O9P/c10-7(15)4-8(16)12(2-11-4)9-6(14)5(13)3(21-9)1-20-22(17,18)19/h2-3,5-6,9,13-14,16H,1H2,(H2,10,15)(H2,17,18,19)/p-2/t3-,5-,6-,9-/m1/s1. The molecule has 1 amide bonds. The molecule has 0 aromatic carbocycles. The van der Waals surface area contributed by atoms with Crippen LogP contribution in [0, 0.1) is 0 Å². The third-order valence-corrected chi connectivity index (χ3v) is 3.47. The summed E-state index contributed by atoms with van der Waals surface area (Å²) in [6, 6.07) is 0. The smallest absolute Gasteiger partial charge is 0.268 e. The topological polar surface area (TPSA) is 203 Å². The van der Waals surface area contributed by atoms with Crippen LogP contribution in [0.4, 0.5) is 0 Å². The van der Waals surface area contributed by atoms with Crippen molar-refractivity contribution < 1.29 is 43.7 Å². The number of aliphatic hydroxyl groups is 2. The first-order valence-electron chi connectivity index (χ1n) is 5.85. The van der Waals surface area contributed by atoms with Crippen molar-refractivity contribution >= 4 is 13.7 Å². The maximum absolute atomic E-state index is 11.8. The highest BCUT2D eigenvalue weighted by molar-refractivity contribution is 7.44. The second kappa shape index (κ2) is 5.93. The van der Waals surface area contributed by atoms with E-state index in [1.807, 2.05) is 0 Å². The molecule has 1 aliphatic rings. The van der Waals surface area contributed by atoms with Crippen LogP contribution in [0.3, 0.4) is 0 Å². The van der Waals surface area contributed by atoms with Crippen LogP contribution in [0.2, 0.25) is 0 Å². The fourth-order valence-electron chi connectivity index (χ4n) is 1.96. The molecule has 1 saturated heterocycles. The molecule has 1 fully saturated rings. The number of nitrogens with zero attached hydrogens (tertiary/aromatic N) is 2. The number of hydrogen-bond acceptors (Lipinski definition) is 9. The van der Waals surface area contributed by atoms with E-state index in [9.17, 15) is 29.6 Å². The lowest BCUT2D eigenvalue weighted by Crippen LogP contribution is -2.34. The van der Waals surface area contributed by atoms with Gasteiger partial charge in [0.25, 0.3) is 13.7 Å². The van der Waals surface area contributed by atoms with Crippen LogP contribution in [-0.4, -0.2) is 55.5 Å². The van der Waals surface area contributed by atoms with E-state index in [0.717, 1.165) is 10.9 Å². The number of nitrogens with two attached hydrogens (primary N) is 1. The fourth-order valence-corrected chi connectivity index (χ4v) is 2.30. The Hall–Kier alpha value is -1.53. The number of ether oxygens (including phenoxy) is 1.